The largest absolute Gasteiger partial charge is 0.370 e. The molecule has 0 unspecified atom stereocenters. The molecule has 0 aromatic heterocycles. The quantitative estimate of drug-likeness (QED) is 0.228. The van der Waals surface area contributed by atoms with E-state index in [9.17, 15) is 4.79 Å². The lowest BCUT2D eigenvalue weighted by atomic mass is 10.2. The number of amides is 1. The van der Waals surface area contributed by atoms with Crippen molar-refractivity contribution in [1.29, 1.82) is 0 Å². The minimum atomic E-state index is -0.0279. The maximum Gasteiger partial charge on any atom is 0.216 e. The van der Waals surface area contributed by atoms with Crippen LogP contribution in [0.15, 0.2) is 29.3 Å². The third-order valence-electron chi connectivity index (χ3n) is 3.52. The Kier molecular flexibility index (Phi) is 12.9. The molecule has 0 heterocycles. The topological polar surface area (TPSA) is 68.8 Å². The summed E-state index contributed by atoms with van der Waals surface area (Å²) in [6.07, 6.45) is 0. The maximum absolute atomic E-state index is 10.9. The Balaban J connectivity index is 0.00000576. The summed E-state index contributed by atoms with van der Waals surface area (Å²) in [5, 5.41) is 9.30. The normalized spacial score (nSPS) is 10.6. The summed E-state index contributed by atoms with van der Waals surface area (Å²) in [6, 6.07) is 8.55. The van der Waals surface area contributed by atoms with E-state index < -0.39 is 0 Å². The molecule has 7 heteroatoms. The Morgan fingerprint density at radius 1 is 1.16 bits per heavy atom. The molecule has 0 radical (unpaired) electrons. The van der Waals surface area contributed by atoms with Crippen molar-refractivity contribution in [2.75, 3.05) is 44.2 Å². The van der Waals surface area contributed by atoms with Gasteiger partial charge in [-0.25, -0.2) is 0 Å². The van der Waals surface area contributed by atoms with E-state index in [2.05, 4.69) is 64.0 Å². The molecule has 0 spiro atoms. The molecule has 3 N–H and O–H groups in total. The Labute approximate surface area is 168 Å². The summed E-state index contributed by atoms with van der Waals surface area (Å²) in [4.78, 5) is 17.6. The standard InChI is InChI=1S/C18H31N5O.HI/c1-5-19-18(21-11-10-20-16(4)24)22-12-13-23(6-2)17-9-7-8-15(3)14-17;/h7-9,14H,5-6,10-13H2,1-4H3,(H,20,24)(H2,19,21,22);1H. The van der Waals surface area contributed by atoms with Crippen LogP contribution < -0.4 is 20.9 Å². The van der Waals surface area contributed by atoms with Crippen LogP contribution in [0.2, 0.25) is 0 Å². The number of halogens is 1. The number of nitrogens with one attached hydrogen (secondary N) is 3. The van der Waals surface area contributed by atoms with Crippen LogP contribution in [0.4, 0.5) is 5.69 Å². The zero-order valence-corrected chi connectivity index (χ0v) is 18.1. The number of aryl methyl sites for hydroxylation is 1. The third-order valence-corrected chi connectivity index (χ3v) is 3.52. The van der Waals surface area contributed by atoms with Crippen molar-refractivity contribution >= 4 is 41.5 Å². The molecule has 0 atom stereocenters. The number of guanidine groups is 1. The number of carbonyl (C=O) groups is 1. The Hall–Kier alpha value is -1.51. The second kappa shape index (κ2) is 13.7. The SMILES string of the molecule is CCNC(=NCCNC(C)=O)NCCN(CC)c1cccc(C)c1.I. The average Bonchev–Trinajstić information content (AvgIpc) is 2.55. The number of nitrogens with zero attached hydrogens (tertiary/aromatic N) is 2. The molecule has 1 amide bonds. The first-order chi connectivity index (χ1) is 11.6. The predicted octanol–water partition coefficient (Wildman–Crippen LogP) is 2.13. The third kappa shape index (κ3) is 10.2. The molecule has 0 saturated heterocycles. The van der Waals surface area contributed by atoms with E-state index in [0.717, 1.165) is 32.1 Å². The smallest absolute Gasteiger partial charge is 0.216 e. The Morgan fingerprint density at radius 3 is 2.52 bits per heavy atom. The van der Waals surface area contributed by atoms with Gasteiger partial charge in [0.2, 0.25) is 5.91 Å². The molecule has 25 heavy (non-hydrogen) atoms. The van der Waals surface area contributed by atoms with Gasteiger partial charge in [0.25, 0.3) is 0 Å². The van der Waals surface area contributed by atoms with E-state index in [1.54, 1.807) is 0 Å². The number of aliphatic imine (C=N–C) groups is 1. The van der Waals surface area contributed by atoms with Crippen LogP contribution in [0.3, 0.4) is 0 Å². The highest BCUT2D eigenvalue weighted by molar-refractivity contribution is 14.0. The van der Waals surface area contributed by atoms with Gasteiger partial charge >= 0.3 is 0 Å². The molecular weight excluding hydrogens is 429 g/mol. The van der Waals surface area contributed by atoms with E-state index >= 15 is 0 Å². The van der Waals surface area contributed by atoms with Crippen LogP contribution in [-0.2, 0) is 4.79 Å². The molecule has 1 aromatic rings. The van der Waals surface area contributed by atoms with Crippen molar-refractivity contribution in [2.45, 2.75) is 27.7 Å². The van der Waals surface area contributed by atoms with Gasteiger partial charge in [0.15, 0.2) is 5.96 Å². The summed E-state index contributed by atoms with van der Waals surface area (Å²) in [5.41, 5.74) is 2.51. The van der Waals surface area contributed by atoms with Crippen molar-refractivity contribution in [2.24, 2.45) is 4.99 Å². The number of hydrogen-bond donors (Lipinski definition) is 3. The van der Waals surface area contributed by atoms with E-state index in [4.69, 9.17) is 0 Å². The van der Waals surface area contributed by atoms with Gasteiger partial charge in [0.05, 0.1) is 6.54 Å². The van der Waals surface area contributed by atoms with Crippen LogP contribution in [0.1, 0.15) is 26.3 Å². The van der Waals surface area contributed by atoms with Gasteiger partial charge in [-0.05, 0) is 38.5 Å². The zero-order chi connectivity index (χ0) is 17.8. The first kappa shape index (κ1) is 23.5. The fraction of sp³-hybridized carbons (Fsp3) is 0.556. The zero-order valence-electron chi connectivity index (χ0n) is 15.8. The molecule has 6 nitrogen and oxygen atoms in total. The molecule has 0 aliphatic heterocycles. The summed E-state index contributed by atoms with van der Waals surface area (Å²) in [7, 11) is 0. The summed E-state index contributed by atoms with van der Waals surface area (Å²) in [5.74, 6) is 0.753. The first-order valence-electron chi connectivity index (χ1n) is 8.65. The predicted molar refractivity (Wildman–Crippen MR) is 117 cm³/mol. The van der Waals surface area contributed by atoms with Gasteiger partial charge in [-0.2, -0.15) is 0 Å². The molecule has 0 fully saturated rings. The van der Waals surface area contributed by atoms with Crippen LogP contribution >= 0.6 is 24.0 Å². The molecule has 1 aromatic carbocycles. The van der Waals surface area contributed by atoms with Crippen LogP contribution in [0.5, 0.6) is 0 Å². The molecule has 142 valence electrons. The van der Waals surface area contributed by atoms with E-state index in [1.807, 2.05) is 6.92 Å². The number of carbonyl (C=O) groups excluding carboxylic acids is 1. The highest BCUT2D eigenvalue weighted by Gasteiger charge is 2.05. The summed E-state index contributed by atoms with van der Waals surface area (Å²) >= 11 is 0. The lowest BCUT2D eigenvalue weighted by molar-refractivity contribution is -0.118. The van der Waals surface area contributed by atoms with Gasteiger partial charge in [0, 0.05) is 45.3 Å². The number of hydrogen-bond acceptors (Lipinski definition) is 3. The highest BCUT2D eigenvalue weighted by atomic mass is 127. The molecule has 0 bridgehead atoms. The van der Waals surface area contributed by atoms with Gasteiger partial charge in [-0.1, -0.05) is 12.1 Å². The van der Waals surface area contributed by atoms with Crippen LogP contribution in [0, 0.1) is 6.92 Å². The van der Waals surface area contributed by atoms with Gasteiger partial charge in [-0.3, -0.25) is 9.79 Å². The molecule has 0 aliphatic carbocycles. The van der Waals surface area contributed by atoms with Crippen LogP contribution in [-0.4, -0.2) is 51.1 Å². The van der Waals surface area contributed by atoms with E-state index in [1.165, 1.54) is 18.2 Å². The minimum absolute atomic E-state index is 0. The van der Waals surface area contributed by atoms with Crippen molar-refractivity contribution in [3.8, 4) is 0 Å². The fourth-order valence-electron chi connectivity index (χ4n) is 2.35. The Morgan fingerprint density at radius 2 is 1.92 bits per heavy atom. The van der Waals surface area contributed by atoms with Crippen molar-refractivity contribution in [1.82, 2.24) is 16.0 Å². The van der Waals surface area contributed by atoms with Crippen molar-refractivity contribution in [3.63, 3.8) is 0 Å². The fourth-order valence-corrected chi connectivity index (χ4v) is 2.35. The lowest BCUT2D eigenvalue weighted by Crippen LogP contribution is -2.42. The number of anilines is 1. The van der Waals surface area contributed by atoms with Crippen molar-refractivity contribution < 1.29 is 4.79 Å². The maximum atomic E-state index is 10.9. The second-order valence-electron chi connectivity index (χ2n) is 5.59. The monoisotopic (exact) mass is 461 g/mol. The van der Waals surface area contributed by atoms with Gasteiger partial charge < -0.3 is 20.9 Å². The Bertz CT molecular complexity index is 536. The number of rotatable bonds is 9. The number of likely N-dealkylation sites (N-methyl/N-ethyl adjacent to an activating group) is 1. The first-order valence-corrected chi connectivity index (χ1v) is 8.65. The highest BCUT2D eigenvalue weighted by Crippen LogP contribution is 2.14. The van der Waals surface area contributed by atoms with E-state index in [-0.39, 0.29) is 29.9 Å². The molecular formula is C18H32IN5O. The van der Waals surface area contributed by atoms with Crippen LogP contribution in [0.25, 0.3) is 0 Å². The molecule has 1 rings (SSSR count). The second-order valence-corrected chi connectivity index (χ2v) is 5.59. The lowest BCUT2D eigenvalue weighted by Gasteiger charge is -2.24. The number of benzene rings is 1. The van der Waals surface area contributed by atoms with Crippen molar-refractivity contribution in [3.05, 3.63) is 29.8 Å². The molecule has 0 aliphatic rings. The van der Waals surface area contributed by atoms with E-state index in [0.29, 0.717) is 13.1 Å². The molecule has 0 saturated carbocycles. The minimum Gasteiger partial charge on any atom is -0.370 e. The van der Waals surface area contributed by atoms with Gasteiger partial charge in [0.1, 0.15) is 0 Å². The van der Waals surface area contributed by atoms with Gasteiger partial charge in [-0.15, -0.1) is 24.0 Å². The summed E-state index contributed by atoms with van der Waals surface area (Å²) < 4.78 is 0. The average molecular weight is 461 g/mol. The summed E-state index contributed by atoms with van der Waals surface area (Å²) in [6.45, 7) is 12.4.